The Bertz CT molecular complexity index is 326. The van der Waals surface area contributed by atoms with E-state index in [9.17, 15) is 15.0 Å². The fourth-order valence-corrected chi connectivity index (χ4v) is 2.87. The van der Waals surface area contributed by atoms with Crippen molar-refractivity contribution in [2.75, 3.05) is 0 Å². The van der Waals surface area contributed by atoms with Crippen LogP contribution in [-0.2, 0) is 4.79 Å². The molecule has 148 valence electrons. The van der Waals surface area contributed by atoms with Crippen LogP contribution in [0.1, 0.15) is 103 Å². The zero-order valence-corrected chi connectivity index (χ0v) is 16.2. The zero-order valence-electron chi connectivity index (χ0n) is 16.2. The van der Waals surface area contributed by atoms with Gasteiger partial charge in [-0.3, -0.25) is 4.79 Å². The predicted molar refractivity (Wildman–Crippen MR) is 104 cm³/mol. The highest BCUT2D eigenvalue weighted by Crippen LogP contribution is 2.12. The van der Waals surface area contributed by atoms with Crippen molar-refractivity contribution in [3.05, 3.63) is 12.2 Å². The second-order valence-electron chi connectivity index (χ2n) is 7.18. The van der Waals surface area contributed by atoms with Crippen LogP contribution in [-0.4, -0.2) is 33.5 Å². The van der Waals surface area contributed by atoms with Crippen molar-refractivity contribution in [1.82, 2.24) is 0 Å². The second kappa shape index (κ2) is 17.9. The fraction of sp³-hybridized carbons (Fsp3) is 0.857. The maximum atomic E-state index is 10.4. The lowest BCUT2D eigenvalue weighted by Gasteiger charge is -2.12. The van der Waals surface area contributed by atoms with E-state index in [1.165, 1.54) is 44.9 Å². The summed E-state index contributed by atoms with van der Waals surface area (Å²) in [5, 5.41) is 27.2. The smallest absolute Gasteiger partial charge is 0.303 e. The molecule has 0 fully saturated rings. The largest absolute Gasteiger partial charge is 0.481 e. The summed E-state index contributed by atoms with van der Waals surface area (Å²) < 4.78 is 0. The maximum Gasteiger partial charge on any atom is 0.303 e. The van der Waals surface area contributed by atoms with E-state index in [0.717, 1.165) is 38.5 Å². The van der Waals surface area contributed by atoms with Gasteiger partial charge in [0.05, 0.1) is 12.2 Å². The SMILES string of the molecule is CC(O)C(O)CCCCCCCC/C=C\CCCCCCCC(=O)O. The van der Waals surface area contributed by atoms with Crippen LogP contribution in [0.15, 0.2) is 12.2 Å². The summed E-state index contributed by atoms with van der Waals surface area (Å²) in [6.45, 7) is 1.64. The molecule has 2 unspecified atom stereocenters. The average Bonchev–Trinajstić information content (AvgIpc) is 2.57. The third-order valence-electron chi connectivity index (χ3n) is 4.61. The quantitative estimate of drug-likeness (QED) is 0.232. The average molecular weight is 357 g/mol. The van der Waals surface area contributed by atoms with E-state index >= 15 is 0 Å². The Hall–Kier alpha value is -0.870. The van der Waals surface area contributed by atoms with Crippen LogP contribution >= 0.6 is 0 Å². The first kappa shape index (κ1) is 24.1. The summed E-state index contributed by atoms with van der Waals surface area (Å²) >= 11 is 0. The van der Waals surface area contributed by atoms with Gasteiger partial charge in [-0.1, -0.05) is 63.5 Å². The van der Waals surface area contributed by atoms with Gasteiger partial charge >= 0.3 is 5.97 Å². The van der Waals surface area contributed by atoms with Crippen molar-refractivity contribution in [3.8, 4) is 0 Å². The van der Waals surface area contributed by atoms with Crippen LogP contribution in [0, 0.1) is 0 Å². The first-order chi connectivity index (χ1) is 12.0. The van der Waals surface area contributed by atoms with Crippen molar-refractivity contribution in [3.63, 3.8) is 0 Å². The molecule has 0 saturated heterocycles. The summed E-state index contributed by atoms with van der Waals surface area (Å²) in [5.74, 6) is -0.682. The molecule has 0 rings (SSSR count). The molecule has 0 aliphatic rings. The molecule has 0 heterocycles. The second-order valence-corrected chi connectivity index (χ2v) is 7.18. The molecule has 0 bridgehead atoms. The molecule has 0 saturated carbocycles. The standard InChI is InChI=1S/C21H40O4/c1-19(22)20(23)17-15-13-11-9-7-5-3-2-4-6-8-10-12-14-16-18-21(24)25/h2,4,19-20,22-23H,3,5-18H2,1H3,(H,24,25)/b4-2-. The van der Waals surface area contributed by atoms with Crippen LogP contribution in [0.25, 0.3) is 0 Å². The molecular weight excluding hydrogens is 316 g/mol. The van der Waals surface area contributed by atoms with Crippen molar-refractivity contribution in [2.45, 2.75) is 115 Å². The lowest BCUT2D eigenvalue weighted by Crippen LogP contribution is -2.21. The van der Waals surface area contributed by atoms with Gasteiger partial charge in [0.1, 0.15) is 0 Å². The third kappa shape index (κ3) is 19.3. The van der Waals surface area contributed by atoms with Gasteiger partial charge in [-0.25, -0.2) is 0 Å². The monoisotopic (exact) mass is 356 g/mol. The molecule has 4 nitrogen and oxygen atoms in total. The number of allylic oxidation sites excluding steroid dienone is 2. The van der Waals surface area contributed by atoms with E-state index in [0.29, 0.717) is 12.8 Å². The molecule has 0 aromatic carbocycles. The van der Waals surface area contributed by atoms with Crippen LogP contribution in [0.3, 0.4) is 0 Å². The third-order valence-corrected chi connectivity index (χ3v) is 4.61. The summed E-state index contributed by atoms with van der Waals surface area (Å²) in [6.07, 6.45) is 19.3. The minimum absolute atomic E-state index is 0.309. The number of hydrogen-bond donors (Lipinski definition) is 3. The molecule has 0 spiro atoms. The van der Waals surface area contributed by atoms with Crippen molar-refractivity contribution < 1.29 is 20.1 Å². The van der Waals surface area contributed by atoms with E-state index in [4.69, 9.17) is 5.11 Å². The minimum atomic E-state index is -0.682. The van der Waals surface area contributed by atoms with Gasteiger partial charge in [0.2, 0.25) is 0 Å². The first-order valence-electron chi connectivity index (χ1n) is 10.3. The molecule has 0 aliphatic heterocycles. The van der Waals surface area contributed by atoms with Crippen LogP contribution in [0.5, 0.6) is 0 Å². The Morgan fingerprint density at radius 3 is 1.68 bits per heavy atom. The maximum absolute atomic E-state index is 10.4. The molecule has 0 amide bonds. The number of hydrogen-bond acceptors (Lipinski definition) is 3. The Labute approximate surface area is 154 Å². The van der Waals surface area contributed by atoms with Crippen LogP contribution in [0.2, 0.25) is 0 Å². The van der Waals surface area contributed by atoms with Crippen molar-refractivity contribution >= 4 is 5.97 Å². The molecule has 2 atom stereocenters. The van der Waals surface area contributed by atoms with Gasteiger partial charge in [0, 0.05) is 6.42 Å². The topological polar surface area (TPSA) is 77.8 Å². The normalized spacial score (nSPS) is 14.0. The molecular formula is C21H40O4. The van der Waals surface area contributed by atoms with E-state index in [1.807, 2.05) is 0 Å². The van der Waals surface area contributed by atoms with Gasteiger partial charge in [0.25, 0.3) is 0 Å². The van der Waals surface area contributed by atoms with E-state index in [1.54, 1.807) is 6.92 Å². The number of carboxylic acids is 1. The highest BCUT2D eigenvalue weighted by Gasteiger charge is 2.09. The van der Waals surface area contributed by atoms with E-state index in [2.05, 4.69) is 12.2 Å². The number of rotatable bonds is 18. The van der Waals surface area contributed by atoms with Gasteiger partial charge in [0.15, 0.2) is 0 Å². The highest BCUT2D eigenvalue weighted by molar-refractivity contribution is 5.66. The molecule has 0 aromatic rings. The first-order valence-corrected chi connectivity index (χ1v) is 10.3. The Balaban J connectivity index is 3.17. The fourth-order valence-electron chi connectivity index (χ4n) is 2.87. The number of aliphatic hydroxyl groups is 2. The van der Waals surface area contributed by atoms with Crippen molar-refractivity contribution in [2.24, 2.45) is 0 Å². The molecule has 3 N–H and O–H groups in total. The number of unbranched alkanes of at least 4 members (excludes halogenated alkanes) is 11. The Kier molecular flexibility index (Phi) is 17.3. The summed E-state index contributed by atoms with van der Waals surface area (Å²) in [5.41, 5.74) is 0. The van der Waals surface area contributed by atoms with E-state index < -0.39 is 18.2 Å². The highest BCUT2D eigenvalue weighted by atomic mass is 16.4. The molecule has 4 heteroatoms. The minimum Gasteiger partial charge on any atom is -0.481 e. The van der Waals surface area contributed by atoms with Crippen LogP contribution < -0.4 is 0 Å². The molecule has 0 aromatic heterocycles. The van der Waals surface area contributed by atoms with Crippen LogP contribution in [0.4, 0.5) is 0 Å². The van der Waals surface area contributed by atoms with E-state index in [-0.39, 0.29) is 0 Å². The summed E-state index contributed by atoms with van der Waals surface area (Å²) in [7, 11) is 0. The lowest BCUT2D eigenvalue weighted by atomic mass is 10.0. The number of carbonyl (C=O) groups is 1. The predicted octanol–water partition coefficient (Wildman–Crippen LogP) is 5.22. The van der Waals surface area contributed by atoms with Gasteiger partial charge in [-0.15, -0.1) is 0 Å². The number of aliphatic hydroxyl groups excluding tert-OH is 2. The molecule has 0 radical (unpaired) electrons. The van der Waals surface area contributed by atoms with Crippen molar-refractivity contribution in [1.29, 1.82) is 0 Å². The van der Waals surface area contributed by atoms with Gasteiger partial charge in [-0.2, -0.15) is 0 Å². The summed E-state index contributed by atoms with van der Waals surface area (Å²) in [6, 6.07) is 0. The number of aliphatic carboxylic acids is 1. The number of carboxylic acid groups (broad SMARTS) is 1. The molecule has 25 heavy (non-hydrogen) atoms. The van der Waals surface area contributed by atoms with Gasteiger partial charge in [-0.05, 0) is 45.4 Å². The lowest BCUT2D eigenvalue weighted by molar-refractivity contribution is -0.137. The Morgan fingerprint density at radius 2 is 1.20 bits per heavy atom. The summed E-state index contributed by atoms with van der Waals surface area (Å²) in [4.78, 5) is 10.4. The Morgan fingerprint density at radius 1 is 0.760 bits per heavy atom. The molecule has 0 aliphatic carbocycles. The zero-order chi connectivity index (χ0) is 18.8. The van der Waals surface area contributed by atoms with Gasteiger partial charge < -0.3 is 15.3 Å².